The molecule has 10 heavy (non-hydrogen) atoms. The van der Waals surface area contributed by atoms with Crippen molar-refractivity contribution in [3.63, 3.8) is 0 Å². The van der Waals surface area contributed by atoms with Crippen molar-refractivity contribution in [2.24, 2.45) is 0 Å². The van der Waals surface area contributed by atoms with Gasteiger partial charge in [0.25, 0.3) is 0 Å². The van der Waals surface area contributed by atoms with Gasteiger partial charge < -0.3 is 4.52 Å². The van der Waals surface area contributed by atoms with E-state index in [0.29, 0.717) is 12.5 Å². The van der Waals surface area contributed by atoms with E-state index in [2.05, 4.69) is 12.2 Å². The molecule has 0 spiro atoms. The Labute approximate surface area is 81.7 Å². The molecule has 0 heterocycles. The number of rotatable bonds is 4. The molecule has 2 unspecified atom stereocenters. The van der Waals surface area contributed by atoms with Crippen LogP contribution in [0.3, 0.4) is 0 Å². The molecular weight excluding hydrogens is 230 g/mol. The lowest BCUT2D eigenvalue weighted by molar-refractivity contribution is 0.365. The Morgan fingerprint density at radius 3 is 2.60 bits per heavy atom. The van der Waals surface area contributed by atoms with Crippen LogP contribution in [-0.2, 0) is 16.3 Å². The van der Waals surface area contributed by atoms with Crippen LogP contribution in [0.5, 0.6) is 0 Å². The molecule has 2 atom stereocenters. The quantitative estimate of drug-likeness (QED) is 0.459. The molecule has 0 aromatic heterocycles. The summed E-state index contributed by atoms with van der Waals surface area (Å²) >= 11 is 20.0. The minimum atomic E-state index is -1.85. The van der Waals surface area contributed by atoms with Gasteiger partial charge >= 0.3 is 0 Å². The predicted molar refractivity (Wildman–Crippen MR) is 55.5 cm³/mol. The van der Waals surface area contributed by atoms with E-state index >= 15 is 0 Å². The van der Waals surface area contributed by atoms with Gasteiger partial charge in [-0.2, -0.15) is 0 Å². The first-order valence-electron chi connectivity index (χ1n) is 2.60. The fourth-order valence-corrected chi connectivity index (χ4v) is 1.34. The highest BCUT2D eigenvalue weighted by Crippen LogP contribution is 2.47. The van der Waals surface area contributed by atoms with Crippen LogP contribution in [0.2, 0.25) is 0 Å². The summed E-state index contributed by atoms with van der Waals surface area (Å²) in [6.07, 6.45) is 0. The van der Waals surface area contributed by atoms with E-state index in [4.69, 9.17) is 39.5 Å². The zero-order valence-electron chi connectivity index (χ0n) is 5.46. The van der Waals surface area contributed by atoms with Gasteiger partial charge in [0, 0.05) is 5.88 Å². The smallest absolute Gasteiger partial charge is 0.113 e. The third kappa shape index (κ3) is 7.64. The second-order valence-electron chi connectivity index (χ2n) is 1.85. The molecular formula is C4H9Cl2OPS2. The second kappa shape index (κ2) is 5.23. The molecule has 0 fully saturated rings. The molecule has 0 saturated heterocycles. The van der Waals surface area contributed by atoms with E-state index in [1.54, 1.807) is 6.66 Å². The van der Waals surface area contributed by atoms with Crippen molar-refractivity contribution in [1.29, 1.82) is 0 Å². The zero-order chi connectivity index (χ0) is 8.20. The maximum absolute atomic E-state index is 5.65. The second-order valence-corrected chi connectivity index (χ2v) is 9.83. The van der Waals surface area contributed by atoms with E-state index in [1.165, 1.54) is 0 Å². The summed E-state index contributed by atoms with van der Waals surface area (Å²) in [6, 6.07) is 0. The first-order chi connectivity index (χ1) is 4.45. The zero-order valence-corrected chi connectivity index (χ0v) is 9.58. The summed E-state index contributed by atoms with van der Waals surface area (Å²) in [5.41, 5.74) is -1.85. The van der Waals surface area contributed by atoms with Gasteiger partial charge in [0.2, 0.25) is 0 Å². The summed E-state index contributed by atoms with van der Waals surface area (Å²) in [5.74, 6) is 0.380. The maximum atomic E-state index is 5.65. The van der Waals surface area contributed by atoms with Crippen molar-refractivity contribution >= 4 is 52.7 Å². The molecule has 0 aliphatic heterocycles. The van der Waals surface area contributed by atoms with Crippen molar-refractivity contribution < 1.29 is 4.52 Å². The Morgan fingerprint density at radius 2 is 2.30 bits per heavy atom. The molecule has 0 amide bonds. The average molecular weight is 239 g/mol. The van der Waals surface area contributed by atoms with E-state index in [0.717, 1.165) is 0 Å². The van der Waals surface area contributed by atoms with Gasteiger partial charge in [0.1, 0.15) is 5.47 Å². The van der Waals surface area contributed by atoms with Crippen LogP contribution in [0.25, 0.3) is 0 Å². The van der Waals surface area contributed by atoms with Gasteiger partial charge in [0.05, 0.1) is 12.0 Å². The maximum Gasteiger partial charge on any atom is 0.113 e. The van der Waals surface area contributed by atoms with Crippen LogP contribution in [0.4, 0.5) is 0 Å². The summed E-state index contributed by atoms with van der Waals surface area (Å²) in [7, 11) is 0. The summed E-state index contributed by atoms with van der Waals surface area (Å²) in [5, 5.41) is -0.156. The molecule has 0 bridgehead atoms. The topological polar surface area (TPSA) is 9.23 Å². The molecule has 0 radical (unpaired) electrons. The summed E-state index contributed by atoms with van der Waals surface area (Å²) < 4.78 is 5.16. The molecule has 0 aromatic carbocycles. The molecule has 0 saturated carbocycles. The van der Waals surface area contributed by atoms with Crippen LogP contribution in [0, 0.1) is 0 Å². The molecule has 62 valence electrons. The van der Waals surface area contributed by atoms with Gasteiger partial charge in [-0.15, -0.1) is 35.5 Å². The number of hydrogen-bond donors (Lipinski definition) is 1. The SMILES string of the molecule is CP(=S)(S)OCC(Cl)CCl. The van der Waals surface area contributed by atoms with Gasteiger partial charge in [-0.25, -0.2) is 0 Å². The predicted octanol–water partition coefficient (Wildman–Crippen LogP) is 2.72. The van der Waals surface area contributed by atoms with Crippen molar-refractivity contribution in [2.75, 3.05) is 19.2 Å². The molecule has 0 rings (SSSR count). The summed E-state index contributed by atoms with van der Waals surface area (Å²) in [6.45, 7) is 2.17. The van der Waals surface area contributed by atoms with Crippen LogP contribution < -0.4 is 0 Å². The Hall–Kier alpha value is 1.54. The first-order valence-corrected chi connectivity index (χ1v) is 7.89. The Morgan fingerprint density at radius 1 is 1.80 bits per heavy atom. The monoisotopic (exact) mass is 238 g/mol. The van der Waals surface area contributed by atoms with Gasteiger partial charge in [-0.3, -0.25) is 0 Å². The molecule has 6 heteroatoms. The third-order valence-electron chi connectivity index (χ3n) is 0.662. The van der Waals surface area contributed by atoms with Crippen molar-refractivity contribution in [2.45, 2.75) is 5.38 Å². The fraction of sp³-hybridized carbons (Fsp3) is 1.00. The van der Waals surface area contributed by atoms with Gasteiger partial charge in [0.15, 0.2) is 0 Å². The molecule has 0 N–H and O–H groups in total. The number of thiol groups is 1. The van der Waals surface area contributed by atoms with E-state index in [1.807, 2.05) is 0 Å². The molecule has 0 aromatic rings. The lowest BCUT2D eigenvalue weighted by Crippen LogP contribution is -2.07. The Balaban J connectivity index is 3.46. The van der Waals surface area contributed by atoms with E-state index in [9.17, 15) is 0 Å². The Kier molecular flexibility index (Phi) is 6.04. The molecule has 0 aliphatic carbocycles. The van der Waals surface area contributed by atoms with E-state index < -0.39 is 5.47 Å². The minimum absolute atomic E-state index is 0.156. The van der Waals surface area contributed by atoms with Crippen LogP contribution in [0.1, 0.15) is 0 Å². The van der Waals surface area contributed by atoms with Gasteiger partial charge in [-0.05, 0) is 6.66 Å². The van der Waals surface area contributed by atoms with Crippen molar-refractivity contribution in [3.05, 3.63) is 0 Å². The lowest BCUT2D eigenvalue weighted by Gasteiger charge is -2.12. The standard InChI is InChI=1S/C4H9Cl2OPS2/c1-8(9,10)7-3-4(6)2-5/h4H,2-3H2,1H3,(H,9,10). The van der Waals surface area contributed by atoms with Crippen LogP contribution >= 0.6 is 40.9 Å². The minimum Gasteiger partial charge on any atom is -0.340 e. The lowest BCUT2D eigenvalue weighted by atomic mass is 10.5. The Bertz CT molecular complexity index is 137. The van der Waals surface area contributed by atoms with Gasteiger partial charge in [-0.1, -0.05) is 11.8 Å². The number of alkyl halides is 2. The summed E-state index contributed by atoms with van der Waals surface area (Å²) in [4.78, 5) is 0. The first kappa shape index (κ1) is 11.5. The fourth-order valence-electron chi connectivity index (χ4n) is 0.264. The van der Waals surface area contributed by atoms with Crippen molar-refractivity contribution in [1.82, 2.24) is 0 Å². The van der Waals surface area contributed by atoms with Crippen LogP contribution in [-0.4, -0.2) is 24.5 Å². The molecule has 1 nitrogen and oxygen atoms in total. The highest BCUT2D eigenvalue weighted by molar-refractivity contribution is 8.61. The molecule has 0 aliphatic rings. The highest BCUT2D eigenvalue weighted by Gasteiger charge is 2.07. The van der Waals surface area contributed by atoms with Crippen molar-refractivity contribution in [3.8, 4) is 0 Å². The average Bonchev–Trinajstić information content (AvgIpc) is 1.81. The van der Waals surface area contributed by atoms with Crippen LogP contribution in [0.15, 0.2) is 0 Å². The third-order valence-corrected chi connectivity index (χ3v) is 2.76. The largest absolute Gasteiger partial charge is 0.340 e. The number of hydrogen-bond acceptors (Lipinski definition) is 2. The number of halogens is 2. The normalized spacial score (nSPS) is 20.0. The highest BCUT2D eigenvalue weighted by atomic mass is 35.5. The van der Waals surface area contributed by atoms with E-state index in [-0.39, 0.29) is 5.38 Å².